The molecule has 1 fully saturated rings. The number of guanidine groups is 1. The van der Waals surface area contributed by atoms with Crippen LogP contribution in [-0.4, -0.2) is 62.2 Å². The SMILES string of the molecule is CN=C(NCC1CC(=O)Nc2ccccc21)NC1CCN(CC(F)(F)F)C1.I. The Morgan fingerprint density at radius 1 is 1.36 bits per heavy atom. The fourth-order valence-corrected chi connectivity index (χ4v) is 3.64. The molecule has 156 valence electrons. The van der Waals surface area contributed by atoms with E-state index in [2.05, 4.69) is 20.9 Å². The molecule has 0 saturated carbocycles. The summed E-state index contributed by atoms with van der Waals surface area (Å²) in [5.74, 6) is 0.526. The third-order valence-corrected chi connectivity index (χ3v) is 4.86. The van der Waals surface area contributed by atoms with Crippen LogP contribution in [0.3, 0.4) is 0 Å². The lowest BCUT2D eigenvalue weighted by atomic mass is 9.90. The number of aliphatic imine (C=N–C) groups is 1. The van der Waals surface area contributed by atoms with E-state index in [0.29, 0.717) is 38.4 Å². The van der Waals surface area contributed by atoms with Gasteiger partial charge in [-0.25, -0.2) is 0 Å². The highest BCUT2D eigenvalue weighted by molar-refractivity contribution is 14.0. The second-order valence-corrected chi connectivity index (χ2v) is 6.97. The number of hydrogen-bond acceptors (Lipinski definition) is 3. The van der Waals surface area contributed by atoms with Crippen LogP contribution in [-0.2, 0) is 4.79 Å². The number of alkyl halides is 3. The quantitative estimate of drug-likeness (QED) is 0.331. The first-order valence-electron chi connectivity index (χ1n) is 8.99. The van der Waals surface area contributed by atoms with Crippen molar-refractivity contribution in [1.29, 1.82) is 0 Å². The molecule has 0 aromatic heterocycles. The number of amides is 1. The summed E-state index contributed by atoms with van der Waals surface area (Å²) >= 11 is 0. The molecule has 2 atom stereocenters. The number of rotatable bonds is 4. The van der Waals surface area contributed by atoms with Gasteiger partial charge in [0.15, 0.2) is 5.96 Å². The van der Waals surface area contributed by atoms with Crippen molar-refractivity contribution in [2.75, 3.05) is 38.5 Å². The van der Waals surface area contributed by atoms with Crippen molar-refractivity contribution in [3.8, 4) is 0 Å². The molecular weight excluding hydrogens is 486 g/mol. The smallest absolute Gasteiger partial charge is 0.356 e. The second kappa shape index (κ2) is 9.77. The molecular formula is C18H25F3IN5O. The van der Waals surface area contributed by atoms with Crippen molar-refractivity contribution in [3.63, 3.8) is 0 Å². The maximum absolute atomic E-state index is 12.5. The maximum Gasteiger partial charge on any atom is 0.401 e. The third kappa shape index (κ3) is 6.23. The highest BCUT2D eigenvalue weighted by Crippen LogP contribution is 2.31. The summed E-state index contributed by atoms with van der Waals surface area (Å²) in [6, 6.07) is 7.59. The minimum atomic E-state index is -4.18. The van der Waals surface area contributed by atoms with Gasteiger partial charge in [-0.3, -0.25) is 14.7 Å². The van der Waals surface area contributed by atoms with Crippen LogP contribution in [0.25, 0.3) is 0 Å². The van der Waals surface area contributed by atoms with Crippen LogP contribution in [0.1, 0.15) is 24.3 Å². The first kappa shape index (κ1) is 22.7. The van der Waals surface area contributed by atoms with Crippen LogP contribution in [0.15, 0.2) is 29.3 Å². The van der Waals surface area contributed by atoms with Gasteiger partial charge in [-0.1, -0.05) is 18.2 Å². The van der Waals surface area contributed by atoms with Gasteiger partial charge < -0.3 is 16.0 Å². The Balaban J connectivity index is 0.00000280. The summed E-state index contributed by atoms with van der Waals surface area (Å²) in [7, 11) is 1.62. The summed E-state index contributed by atoms with van der Waals surface area (Å²) in [6.45, 7) is 0.369. The molecule has 2 aliphatic rings. The Kier molecular flexibility index (Phi) is 7.93. The van der Waals surface area contributed by atoms with Gasteiger partial charge in [0.25, 0.3) is 0 Å². The zero-order valence-electron chi connectivity index (χ0n) is 15.6. The Labute approximate surface area is 179 Å². The van der Waals surface area contributed by atoms with Crippen LogP contribution in [0.5, 0.6) is 0 Å². The first-order chi connectivity index (χ1) is 12.8. The van der Waals surface area contributed by atoms with E-state index in [1.807, 2.05) is 24.3 Å². The van der Waals surface area contributed by atoms with Crippen LogP contribution in [0, 0.1) is 0 Å². The molecule has 0 bridgehead atoms. The van der Waals surface area contributed by atoms with Crippen molar-refractivity contribution in [2.24, 2.45) is 4.99 Å². The average molecular weight is 511 g/mol. The molecule has 2 heterocycles. The summed E-state index contributed by atoms with van der Waals surface area (Å²) in [6.07, 6.45) is -3.17. The molecule has 0 spiro atoms. The van der Waals surface area contributed by atoms with Crippen LogP contribution in [0.4, 0.5) is 18.9 Å². The predicted molar refractivity (Wildman–Crippen MR) is 113 cm³/mol. The number of fused-ring (bicyclic) bond motifs is 1. The molecule has 0 radical (unpaired) electrons. The van der Waals surface area contributed by atoms with E-state index >= 15 is 0 Å². The van der Waals surface area contributed by atoms with Crippen LogP contribution >= 0.6 is 24.0 Å². The van der Waals surface area contributed by atoms with E-state index in [1.54, 1.807) is 7.05 Å². The van der Waals surface area contributed by atoms with Gasteiger partial charge in [-0.2, -0.15) is 13.2 Å². The fraction of sp³-hybridized carbons (Fsp3) is 0.556. The molecule has 3 N–H and O–H groups in total. The standard InChI is InChI=1S/C18H24F3N5O.HI/c1-22-17(24-13-6-7-26(10-13)11-18(19,20)21)23-9-12-8-16(27)25-15-5-3-2-4-14(12)15;/h2-5,12-13H,6-11H2,1H3,(H,25,27)(H2,22,23,24);1H. The van der Waals surface area contributed by atoms with E-state index in [0.717, 1.165) is 11.3 Å². The van der Waals surface area contributed by atoms with E-state index < -0.39 is 12.7 Å². The summed E-state index contributed by atoms with van der Waals surface area (Å²) in [4.78, 5) is 17.5. The van der Waals surface area contributed by atoms with E-state index in [4.69, 9.17) is 0 Å². The van der Waals surface area contributed by atoms with Gasteiger partial charge in [0.1, 0.15) is 0 Å². The Bertz CT molecular complexity index is 713. The number of carbonyl (C=O) groups is 1. The lowest BCUT2D eigenvalue weighted by Gasteiger charge is -2.27. The number of para-hydroxylation sites is 1. The molecule has 1 amide bonds. The van der Waals surface area contributed by atoms with Crippen molar-refractivity contribution in [2.45, 2.75) is 31.0 Å². The highest BCUT2D eigenvalue weighted by atomic mass is 127. The van der Waals surface area contributed by atoms with Gasteiger partial charge >= 0.3 is 6.18 Å². The van der Waals surface area contributed by atoms with Crippen LogP contribution in [0.2, 0.25) is 0 Å². The molecule has 10 heteroatoms. The number of nitrogens with zero attached hydrogens (tertiary/aromatic N) is 2. The Morgan fingerprint density at radius 3 is 2.82 bits per heavy atom. The van der Waals surface area contributed by atoms with Gasteiger partial charge in [0, 0.05) is 50.7 Å². The number of hydrogen-bond donors (Lipinski definition) is 3. The number of carbonyl (C=O) groups excluding carboxylic acids is 1. The maximum atomic E-state index is 12.5. The van der Waals surface area contributed by atoms with E-state index in [9.17, 15) is 18.0 Å². The number of likely N-dealkylation sites (tertiary alicyclic amines) is 1. The zero-order valence-corrected chi connectivity index (χ0v) is 17.9. The largest absolute Gasteiger partial charge is 0.401 e. The molecule has 6 nitrogen and oxygen atoms in total. The number of benzene rings is 1. The predicted octanol–water partition coefficient (Wildman–Crippen LogP) is 2.53. The monoisotopic (exact) mass is 511 g/mol. The van der Waals surface area contributed by atoms with Crippen molar-refractivity contribution in [3.05, 3.63) is 29.8 Å². The Hall–Kier alpha value is -1.56. The molecule has 3 rings (SSSR count). The van der Waals surface area contributed by atoms with Gasteiger partial charge in [-0.05, 0) is 18.1 Å². The minimum absolute atomic E-state index is 0. The lowest BCUT2D eigenvalue weighted by Crippen LogP contribution is -2.46. The van der Waals surface area contributed by atoms with Crippen LogP contribution < -0.4 is 16.0 Å². The fourth-order valence-electron chi connectivity index (χ4n) is 3.64. The normalized spacial score (nSPS) is 22.9. The van der Waals surface area contributed by atoms with Crippen molar-refractivity contribution < 1.29 is 18.0 Å². The van der Waals surface area contributed by atoms with Crippen molar-refractivity contribution >= 4 is 41.5 Å². The molecule has 0 aliphatic carbocycles. The van der Waals surface area contributed by atoms with E-state index in [1.165, 1.54) is 4.90 Å². The topological polar surface area (TPSA) is 68.8 Å². The average Bonchev–Trinajstić information content (AvgIpc) is 3.03. The summed E-state index contributed by atoms with van der Waals surface area (Å²) < 4.78 is 37.5. The summed E-state index contributed by atoms with van der Waals surface area (Å²) in [5, 5.41) is 9.26. The lowest BCUT2D eigenvalue weighted by molar-refractivity contribution is -0.143. The van der Waals surface area contributed by atoms with Gasteiger partial charge in [0.2, 0.25) is 5.91 Å². The third-order valence-electron chi connectivity index (χ3n) is 4.86. The number of halogens is 4. The van der Waals surface area contributed by atoms with Gasteiger partial charge in [0.05, 0.1) is 6.54 Å². The van der Waals surface area contributed by atoms with Gasteiger partial charge in [-0.15, -0.1) is 24.0 Å². The minimum Gasteiger partial charge on any atom is -0.356 e. The molecule has 1 saturated heterocycles. The molecule has 2 unspecified atom stereocenters. The molecule has 28 heavy (non-hydrogen) atoms. The molecule has 1 aromatic rings. The Morgan fingerprint density at radius 2 is 2.11 bits per heavy atom. The van der Waals surface area contributed by atoms with Crippen molar-refractivity contribution in [1.82, 2.24) is 15.5 Å². The molecule has 2 aliphatic heterocycles. The van der Waals surface area contributed by atoms with E-state index in [-0.39, 0.29) is 41.8 Å². The summed E-state index contributed by atoms with van der Waals surface area (Å²) in [5.41, 5.74) is 1.89. The highest BCUT2D eigenvalue weighted by Gasteiger charge is 2.34. The molecule has 1 aromatic carbocycles. The second-order valence-electron chi connectivity index (χ2n) is 6.97. The first-order valence-corrected chi connectivity index (χ1v) is 8.99. The number of nitrogens with one attached hydrogen (secondary N) is 3. The zero-order chi connectivity index (χ0) is 19.4. The number of anilines is 1.